The van der Waals surface area contributed by atoms with Crippen LogP contribution < -0.4 is 5.32 Å². The number of hydrogen-bond acceptors (Lipinski definition) is 1. The summed E-state index contributed by atoms with van der Waals surface area (Å²) in [5.74, 6) is 2.18. The van der Waals surface area contributed by atoms with Crippen LogP contribution in [0.15, 0.2) is 24.3 Å². The van der Waals surface area contributed by atoms with Crippen LogP contribution in [-0.2, 0) is 17.6 Å². The lowest BCUT2D eigenvalue weighted by Crippen LogP contribution is -2.39. The molecule has 2 rings (SSSR count). The lowest BCUT2D eigenvalue weighted by Gasteiger charge is -2.28. The SMILES string of the molecule is CC(C)C(CNC(=O)C1CCc2ccccc2C1)C(C)C. The van der Waals surface area contributed by atoms with E-state index in [2.05, 4.69) is 57.3 Å². The quantitative estimate of drug-likeness (QED) is 0.876. The summed E-state index contributed by atoms with van der Waals surface area (Å²) in [5.41, 5.74) is 2.77. The van der Waals surface area contributed by atoms with Crippen molar-refractivity contribution in [1.29, 1.82) is 0 Å². The van der Waals surface area contributed by atoms with Crippen LogP contribution in [0.5, 0.6) is 0 Å². The molecule has 1 N–H and O–H groups in total. The van der Waals surface area contributed by atoms with Gasteiger partial charge in [0.15, 0.2) is 0 Å². The molecule has 0 bridgehead atoms. The zero-order valence-electron chi connectivity index (χ0n) is 13.9. The largest absolute Gasteiger partial charge is 0.356 e. The van der Waals surface area contributed by atoms with Crippen molar-refractivity contribution in [3.63, 3.8) is 0 Å². The van der Waals surface area contributed by atoms with Gasteiger partial charge in [-0.15, -0.1) is 0 Å². The standard InChI is InChI=1S/C19H29NO/c1-13(2)18(14(3)4)12-20-19(21)17-10-9-15-7-5-6-8-16(15)11-17/h5-8,13-14,17-18H,9-12H2,1-4H3,(H,20,21). The van der Waals surface area contributed by atoms with E-state index in [1.165, 1.54) is 11.1 Å². The number of fused-ring (bicyclic) bond motifs is 1. The highest BCUT2D eigenvalue weighted by atomic mass is 16.1. The first-order chi connectivity index (χ1) is 9.99. The Morgan fingerprint density at radius 1 is 1.14 bits per heavy atom. The van der Waals surface area contributed by atoms with E-state index in [1.54, 1.807) is 0 Å². The van der Waals surface area contributed by atoms with E-state index in [0.717, 1.165) is 25.8 Å². The van der Waals surface area contributed by atoms with E-state index in [1.807, 2.05) is 0 Å². The van der Waals surface area contributed by atoms with Crippen molar-refractivity contribution in [2.24, 2.45) is 23.7 Å². The predicted molar refractivity (Wildman–Crippen MR) is 88.1 cm³/mol. The molecule has 1 aliphatic carbocycles. The summed E-state index contributed by atoms with van der Waals surface area (Å²) in [4.78, 5) is 12.4. The molecule has 0 aliphatic heterocycles. The Hall–Kier alpha value is -1.31. The smallest absolute Gasteiger partial charge is 0.223 e. The van der Waals surface area contributed by atoms with Crippen molar-refractivity contribution in [2.75, 3.05) is 6.54 Å². The molecular formula is C19H29NO. The molecule has 0 radical (unpaired) electrons. The van der Waals surface area contributed by atoms with Gasteiger partial charge in [0.05, 0.1) is 0 Å². The molecule has 0 fully saturated rings. The molecule has 21 heavy (non-hydrogen) atoms. The van der Waals surface area contributed by atoms with Gasteiger partial charge in [-0.1, -0.05) is 52.0 Å². The van der Waals surface area contributed by atoms with Gasteiger partial charge in [0, 0.05) is 12.5 Å². The lowest BCUT2D eigenvalue weighted by molar-refractivity contribution is -0.125. The van der Waals surface area contributed by atoms with Crippen LogP contribution in [0.25, 0.3) is 0 Å². The number of rotatable bonds is 5. The van der Waals surface area contributed by atoms with E-state index in [-0.39, 0.29) is 11.8 Å². The molecule has 1 unspecified atom stereocenters. The molecule has 0 saturated carbocycles. The molecule has 2 nitrogen and oxygen atoms in total. The van der Waals surface area contributed by atoms with E-state index < -0.39 is 0 Å². The highest BCUT2D eigenvalue weighted by Gasteiger charge is 2.25. The van der Waals surface area contributed by atoms with Gasteiger partial charge in [0.1, 0.15) is 0 Å². The Morgan fingerprint density at radius 2 is 1.76 bits per heavy atom. The third kappa shape index (κ3) is 4.09. The Balaban J connectivity index is 1.90. The molecule has 0 heterocycles. The van der Waals surface area contributed by atoms with Gasteiger partial charge in [0.25, 0.3) is 0 Å². The number of amides is 1. The first-order valence-electron chi connectivity index (χ1n) is 8.33. The first kappa shape index (κ1) is 16.1. The van der Waals surface area contributed by atoms with Crippen molar-refractivity contribution < 1.29 is 4.79 Å². The maximum Gasteiger partial charge on any atom is 0.223 e. The molecule has 2 heteroatoms. The normalized spacial score (nSPS) is 18.1. The van der Waals surface area contributed by atoms with E-state index >= 15 is 0 Å². The van der Waals surface area contributed by atoms with Crippen LogP contribution in [-0.4, -0.2) is 12.5 Å². The monoisotopic (exact) mass is 287 g/mol. The van der Waals surface area contributed by atoms with Crippen LogP contribution in [0.4, 0.5) is 0 Å². The maximum atomic E-state index is 12.4. The Labute approximate surface area is 129 Å². The highest BCUT2D eigenvalue weighted by molar-refractivity contribution is 5.79. The molecular weight excluding hydrogens is 258 g/mol. The van der Waals surface area contributed by atoms with Crippen molar-refractivity contribution in [3.8, 4) is 0 Å². The van der Waals surface area contributed by atoms with Gasteiger partial charge >= 0.3 is 0 Å². The van der Waals surface area contributed by atoms with Crippen molar-refractivity contribution in [1.82, 2.24) is 5.32 Å². The lowest BCUT2D eigenvalue weighted by atomic mass is 9.82. The van der Waals surface area contributed by atoms with Gasteiger partial charge in [-0.2, -0.15) is 0 Å². The molecule has 1 aromatic rings. The summed E-state index contributed by atoms with van der Waals surface area (Å²) in [6.07, 6.45) is 2.92. The van der Waals surface area contributed by atoms with Crippen molar-refractivity contribution in [2.45, 2.75) is 47.0 Å². The summed E-state index contributed by atoms with van der Waals surface area (Å²) in [6.45, 7) is 9.79. The van der Waals surface area contributed by atoms with Gasteiger partial charge in [-0.3, -0.25) is 4.79 Å². The summed E-state index contributed by atoms with van der Waals surface area (Å²) in [5, 5.41) is 3.21. The van der Waals surface area contributed by atoms with Crippen molar-refractivity contribution >= 4 is 5.91 Å². The Morgan fingerprint density at radius 3 is 2.38 bits per heavy atom. The summed E-state index contributed by atoms with van der Waals surface area (Å²) < 4.78 is 0. The summed E-state index contributed by atoms with van der Waals surface area (Å²) in [7, 11) is 0. The third-order valence-corrected chi connectivity index (χ3v) is 4.94. The van der Waals surface area contributed by atoms with Crippen LogP contribution in [0, 0.1) is 23.7 Å². The minimum atomic E-state index is 0.153. The van der Waals surface area contributed by atoms with Gasteiger partial charge < -0.3 is 5.32 Å². The molecule has 0 aromatic heterocycles. The van der Waals surface area contributed by atoms with Gasteiger partial charge in [-0.25, -0.2) is 0 Å². The average Bonchev–Trinajstić information content (AvgIpc) is 2.46. The first-order valence-corrected chi connectivity index (χ1v) is 8.33. The fourth-order valence-electron chi connectivity index (χ4n) is 3.53. The molecule has 0 saturated heterocycles. The fraction of sp³-hybridized carbons (Fsp3) is 0.632. The van der Waals surface area contributed by atoms with Crippen LogP contribution in [0.1, 0.15) is 45.2 Å². The van der Waals surface area contributed by atoms with Crippen molar-refractivity contribution in [3.05, 3.63) is 35.4 Å². The molecule has 1 aliphatic rings. The fourth-order valence-corrected chi connectivity index (χ4v) is 3.53. The van der Waals surface area contributed by atoms with E-state index in [4.69, 9.17) is 0 Å². The maximum absolute atomic E-state index is 12.4. The van der Waals surface area contributed by atoms with Gasteiger partial charge in [0.2, 0.25) is 5.91 Å². The summed E-state index contributed by atoms with van der Waals surface area (Å²) >= 11 is 0. The van der Waals surface area contributed by atoms with Gasteiger partial charge in [-0.05, 0) is 48.1 Å². The Bertz CT molecular complexity index is 470. The minimum Gasteiger partial charge on any atom is -0.356 e. The number of carbonyl (C=O) groups is 1. The number of nitrogens with one attached hydrogen (secondary N) is 1. The second-order valence-electron chi connectivity index (χ2n) is 7.11. The molecule has 1 aromatic carbocycles. The zero-order chi connectivity index (χ0) is 15.4. The average molecular weight is 287 g/mol. The molecule has 1 atom stereocenters. The molecule has 0 spiro atoms. The molecule has 1 amide bonds. The number of aryl methyl sites for hydroxylation is 1. The number of benzene rings is 1. The number of hydrogen-bond donors (Lipinski definition) is 1. The predicted octanol–water partition coefficient (Wildman–Crippen LogP) is 3.84. The third-order valence-electron chi connectivity index (χ3n) is 4.94. The Kier molecular flexibility index (Phi) is 5.44. The van der Waals surface area contributed by atoms with Crippen LogP contribution in [0.2, 0.25) is 0 Å². The number of carbonyl (C=O) groups excluding carboxylic acids is 1. The second kappa shape index (κ2) is 7.11. The zero-order valence-corrected chi connectivity index (χ0v) is 13.9. The topological polar surface area (TPSA) is 29.1 Å². The molecule has 116 valence electrons. The van der Waals surface area contributed by atoms with E-state index in [0.29, 0.717) is 17.8 Å². The second-order valence-corrected chi connectivity index (χ2v) is 7.11. The minimum absolute atomic E-state index is 0.153. The summed E-state index contributed by atoms with van der Waals surface area (Å²) in [6, 6.07) is 8.53. The van der Waals surface area contributed by atoms with E-state index in [9.17, 15) is 4.79 Å². The van der Waals surface area contributed by atoms with Crippen LogP contribution in [0.3, 0.4) is 0 Å². The highest BCUT2D eigenvalue weighted by Crippen LogP contribution is 2.26. The van der Waals surface area contributed by atoms with Crippen LogP contribution >= 0.6 is 0 Å².